The number of aromatic nitrogens is 2. The molecule has 0 amide bonds. The number of nitriles is 2. The van der Waals surface area contributed by atoms with Gasteiger partial charge in [0.25, 0.3) is 0 Å². The third-order valence-corrected chi connectivity index (χ3v) is 14.4. The summed E-state index contributed by atoms with van der Waals surface area (Å²) in [5.74, 6) is 0. The monoisotopic (exact) mass is 894 g/mol. The highest BCUT2D eigenvalue weighted by Crippen LogP contribution is 2.44. The van der Waals surface area contributed by atoms with Crippen molar-refractivity contribution in [3.05, 3.63) is 240 Å². The molecule has 4 nitrogen and oxygen atoms in total. The highest BCUT2D eigenvalue weighted by Gasteiger charge is 2.24. The average Bonchev–Trinajstić information content (AvgIpc) is 3.89. The molecule has 0 unspecified atom stereocenters. The van der Waals surface area contributed by atoms with E-state index in [0.29, 0.717) is 11.1 Å². The van der Waals surface area contributed by atoms with Gasteiger partial charge in [-0.05, 0) is 149 Å². The molecule has 0 fully saturated rings. The Hall–Kier alpha value is -9.22. The smallest absolute Gasteiger partial charge is 0.0998 e. The lowest BCUT2D eigenvalue weighted by molar-refractivity contribution is 1.09. The van der Waals surface area contributed by atoms with Crippen LogP contribution in [0.3, 0.4) is 0 Å². The Bertz CT molecular complexity index is 4000. The summed E-state index contributed by atoms with van der Waals surface area (Å²) in [5, 5.41) is 25.9. The van der Waals surface area contributed by atoms with Crippen molar-refractivity contribution >= 4 is 43.6 Å². The van der Waals surface area contributed by atoms with Crippen LogP contribution >= 0.6 is 0 Å². The Balaban J connectivity index is 1.27. The summed E-state index contributed by atoms with van der Waals surface area (Å²) >= 11 is 0. The first kappa shape index (κ1) is 42.2. The van der Waals surface area contributed by atoms with Gasteiger partial charge in [0.2, 0.25) is 0 Å². The minimum Gasteiger partial charge on any atom is -0.307 e. The van der Waals surface area contributed by atoms with Crippen LogP contribution in [0.5, 0.6) is 0 Å². The molecule has 0 aliphatic heterocycles. The van der Waals surface area contributed by atoms with Crippen LogP contribution in [-0.2, 0) is 0 Å². The second kappa shape index (κ2) is 16.8. The van der Waals surface area contributed by atoms with Crippen molar-refractivity contribution in [1.82, 2.24) is 9.13 Å². The van der Waals surface area contributed by atoms with Crippen LogP contribution in [0, 0.1) is 50.4 Å². The van der Waals surface area contributed by atoms with Gasteiger partial charge in [0.15, 0.2) is 0 Å². The van der Waals surface area contributed by atoms with Gasteiger partial charge >= 0.3 is 0 Å². The molecule has 0 saturated heterocycles. The van der Waals surface area contributed by atoms with Crippen molar-refractivity contribution in [3.63, 3.8) is 0 Å². The number of aryl methyl sites for hydroxylation is 4. The van der Waals surface area contributed by atoms with Crippen molar-refractivity contribution in [2.24, 2.45) is 0 Å². The van der Waals surface area contributed by atoms with Crippen molar-refractivity contribution in [2.75, 3.05) is 0 Å². The molecule has 0 radical (unpaired) electrons. The van der Waals surface area contributed by atoms with Crippen molar-refractivity contribution in [3.8, 4) is 79.1 Å². The summed E-state index contributed by atoms with van der Waals surface area (Å²) in [5.41, 5.74) is 22.4. The molecule has 330 valence electrons. The van der Waals surface area contributed by atoms with Crippen LogP contribution in [-0.4, -0.2) is 9.13 Å². The number of rotatable bonds is 7. The Kier molecular flexibility index (Phi) is 10.1. The van der Waals surface area contributed by atoms with Crippen LogP contribution in [0.25, 0.3) is 111 Å². The van der Waals surface area contributed by atoms with Gasteiger partial charge in [-0.2, -0.15) is 10.5 Å². The Morgan fingerprint density at radius 1 is 0.300 bits per heavy atom. The van der Waals surface area contributed by atoms with Gasteiger partial charge in [0.1, 0.15) is 0 Å². The summed E-state index contributed by atoms with van der Waals surface area (Å²) in [7, 11) is 0. The molecule has 4 heteroatoms. The predicted octanol–water partition coefficient (Wildman–Crippen LogP) is 17.2. The zero-order valence-corrected chi connectivity index (χ0v) is 39.4. The highest BCUT2D eigenvalue weighted by molar-refractivity contribution is 6.14. The quantitative estimate of drug-likeness (QED) is 0.160. The van der Waals surface area contributed by atoms with E-state index < -0.39 is 0 Å². The molecule has 2 aromatic heterocycles. The van der Waals surface area contributed by atoms with E-state index in [2.05, 4.69) is 231 Å². The summed E-state index contributed by atoms with van der Waals surface area (Å²) in [6, 6.07) is 78.5. The Labute approximate surface area is 407 Å². The largest absolute Gasteiger partial charge is 0.307 e. The zero-order chi connectivity index (χ0) is 47.6. The first-order valence-corrected chi connectivity index (χ1v) is 23.8. The molecule has 0 aliphatic carbocycles. The molecular weight excluding hydrogens is 849 g/mol. The Morgan fingerprint density at radius 3 is 0.986 bits per heavy atom. The number of fused-ring (bicyclic) bond motifs is 6. The predicted molar refractivity (Wildman–Crippen MR) is 291 cm³/mol. The summed E-state index contributed by atoms with van der Waals surface area (Å²) in [4.78, 5) is 0. The highest BCUT2D eigenvalue weighted by atomic mass is 15.1. The van der Waals surface area contributed by atoms with Crippen LogP contribution in [0.2, 0.25) is 0 Å². The van der Waals surface area contributed by atoms with Gasteiger partial charge in [-0.25, -0.2) is 0 Å². The minimum atomic E-state index is 0.510. The summed E-state index contributed by atoms with van der Waals surface area (Å²) in [6.45, 7) is 8.67. The first-order valence-electron chi connectivity index (χ1n) is 23.8. The number of benzene rings is 10. The SMILES string of the molecule is Cc1ccccc1-c1ccc2c3ccc(-c4ccccc4C)cc3n(-c3cc(C#N)c(-c4cccc(C#N)c4)cc3-n3c4cc(-c5ccccc5C)ccc4c4ccc(-c5ccccc5C)cc43)c2c1. The van der Waals surface area contributed by atoms with Gasteiger partial charge in [-0.15, -0.1) is 0 Å². The van der Waals surface area contributed by atoms with Gasteiger partial charge in [-0.3, -0.25) is 0 Å². The molecule has 70 heavy (non-hydrogen) atoms. The number of nitrogens with zero attached hydrogens (tertiary/aromatic N) is 4. The first-order chi connectivity index (χ1) is 34.3. The van der Waals surface area contributed by atoms with Crippen LogP contribution in [0.1, 0.15) is 33.4 Å². The van der Waals surface area contributed by atoms with E-state index in [4.69, 9.17) is 0 Å². The third-order valence-electron chi connectivity index (χ3n) is 14.4. The molecule has 2 heterocycles. The molecule has 12 aromatic rings. The molecule has 0 bridgehead atoms. The van der Waals surface area contributed by atoms with E-state index in [1.54, 1.807) is 0 Å². The maximum Gasteiger partial charge on any atom is 0.0998 e. The lowest BCUT2D eigenvalue weighted by Gasteiger charge is -2.20. The zero-order valence-electron chi connectivity index (χ0n) is 39.4. The fourth-order valence-electron chi connectivity index (χ4n) is 10.8. The molecule has 0 aliphatic rings. The van der Waals surface area contributed by atoms with E-state index in [1.807, 2.05) is 24.3 Å². The van der Waals surface area contributed by atoms with E-state index >= 15 is 0 Å². The van der Waals surface area contributed by atoms with Crippen LogP contribution in [0.4, 0.5) is 0 Å². The van der Waals surface area contributed by atoms with E-state index in [0.717, 1.165) is 88.4 Å². The molecular formula is C66H46N4. The van der Waals surface area contributed by atoms with Crippen molar-refractivity contribution < 1.29 is 0 Å². The van der Waals surface area contributed by atoms with Gasteiger partial charge < -0.3 is 9.13 Å². The van der Waals surface area contributed by atoms with Crippen LogP contribution < -0.4 is 0 Å². The lowest BCUT2D eigenvalue weighted by Crippen LogP contribution is -2.06. The molecule has 10 aromatic carbocycles. The Morgan fingerprint density at radius 2 is 0.643 bits per heavy atom. The third kappa shape index (κ3) is 6.89. The van der Waals surface area contributed by atoms with Crippen molar-refractivity contribution in [1.29, 1.82) is 10.5 Å². The maximum absolute atomic E-state index is 11.3. The van der Waals surface area contributed by atoms with Gasteiger partial charge in [0.05, 0.1) is 56.7 Å². The molecule has 0 N–H and O–H groups in total. The summed E-state index contributed by atoms with van der Waals surface area (Å²) < 4.78 is 4.82. The molecule has 0 spiro atoms. The summed E-state index contributed by atoms with van der Waals surface area (Å²) in [6.07, 6.45) is 0. The standard InChI is InChI=1S/C66H46N4/c1-41-14-5-9-20-52(41)47-24-28-56-57-29-25-48(53-21-10-6-15-42(53)2)34-62(57)69(61(56)33-47)65-37-51(40-68)60(46-19-13-18-45(32-46)39-67)38-66(65)70-63-35-49(54-22-11-7-16-43(54)3)26-30-58(63)59-31-27-50(36-64(59)70)55-23-12-8-17-44(55)4/h5-38H,1-4H3. The number of hydrogen-bond donors (Lipinski definition) is 0. The molecule has 0 saturated carbocycles. The van der Waals surface area contributed by atoms with E-state index in [1.165, 1.54) is 44.5 Å². The molecule has 12 rings (SSSR count). The minimum absolute atomic E-state index is 0.510. The van der Waals surface area contributed by atoms with E-state index in [9.17, 15) is 10.5 Å². The second-order valence-electron chi connectivity index (χ2n) is 18.5. The van der Waals surface area contributed by atoms with Gasteiger partial charge in [0, 0.05) is 27.1 Å². The second-order valence-corrected chi connectivity index (χ2v) is 18.5. The average molecular weight is 895 g/mol. The fourth-order valence-corrected chi connectivity index (χ4v) is 10.8. The lowest BCUT2D eigenvalue weighted by atomic mass is 9.96. The number of hydrogen-bond acceptors (Lipinski definition) is 2. The topological polar surface area (TPSA) is 57.4 Å². The maximum atomic E-state index is 11.3. The molecule has 0 atom stereocenters. The van der Waals surface area contributed by atoms with E-state index in [-0.39, 0.29) is 0 Å². The normalized spacial score (nSPS) is 11.4. The fraction of sp³-hybridized carbons (Fsp3) is 0.0606. The van der Waals surface area contributed by atoms with Gasteiger partial charge in [-0.1, -0.05) is 158 Å². The van der Waals surface area contributed by atoms with Crippen molar-refractivity contribution in [2.45, 2.75) is 27.7 Å². The van der Waals surface area contributed by atoms with Crippen LogP contribution in [0.15, 0.2) is 206 Å².